The van der Waals surface area contributed by atoms with E-state index in [1.807, 2.05) is 11.9 Å². The Labute approximate surface area is 97.4 Å². The second-order valence-electron chi connectivity index (χ2n) is 3.27. The van der Waals surface area contributed by atoms with Crippen LogP contribution in [0.15, 0.2) is 40.9 Å². The van der Waals surface area contributed by atoms with E-state index in [0.717, 1.165) is 10.2 Å². The molecule has 0 amide bonds. The van der Waals surface area contributed by atoms with E-state index in [4.69, 9.17) is 0 Å². The van der Waals surface area contributed by atoms with Crippen LogP contribution in [-0.2, 0) is 0 Å². The molecular weight excluding hydrogens is 258 g/mol. The normalized spacial score (nSPS) is 21.3. The lowest BCUT2D eigenvalue weighted by Gasteiger charge is -2.30. The van der Waals surface area contributed by atoms with Crippen LogP contribution in [0.5, 0.6) is 0 Å². The lowest BCUT2D eigenvalue weighted by molar-refractivity contribution is 0.913. The summed E-state index contributed by atoms with van der Waals surface area (Å²) in [6, 6.07) is 8.94. The highest BCUT2D eigenvalue weighted by molar-refractivity contribution is 9.10. The van der Waals surface area contributed by atoms with Crippen molar-refractivity contribution >= 4 is 33.6 Å². The standard InChI is InChI=1S/C11H12BrNS/c1-9-3-2-8-14-13(9)11-6-4-10(12)5-7-11/h2-7,9H,8H2,1H3. The minimum atomic E-state index is 0.481. The van der Waals surface area contributed by atoms with Crippen LogP contribution < -0.4 is 4.31 Å². The number of anilines is 1. The number of nitrogens with zero attached hydrogens (tertiary/aromatic N) is 1. The molecule has 1 aromatic carbocycles. The molecule has 1 heterocycles. The number of hydrogen-bond donors (Lipinski definition) is 0. The van der Waals surface area contributed by atoms with Crippen molar-refractivity contribution in [1.82, 2.24) is 0 Å². The van der Waals surface area contributed by atoms with Gasteiger partial charge in [-0.3, -0.25) is 0 Å². The van der Waals surface area contributed by atoms with E-state index in [1.165, 1.54) is 5.69 Å². The van der Waals surface area contributed by atoms with Crippen molar-refractivity contribution in [3.8, 4) is 0 Å². The van der Waals surface area contributed by atoms with Crippen LogP contribution in [0.2, 0.25) is 0 Å². The minimum Gasteiger partial charge on any atom is -0.309 e. The molecule has 1 aliphatic rings. The van der Waals surface area contributed by atoms with Crippen LogP contribution in [0, 0.1) is 0 Å². The highest BCUT2D eigenvalue weighted by Gasteiger charge is 2.14. The molecule has 1 atom stereocenters. The fourth-order valence-electron chi connectivity index (χ4n) is 1.47. The molecule has 0 N–H and O–H groups in total. The molecule has 3 heteroatoms. The molecule has 1 aromatic rings. The van der Waals surface area contributed by atoms with Crippen LogP contribution >= 0.6 is 27.9 Å². The van der Waals surface area contributed by atoms with Crippen LogP contribution in [0.4, 0.5) is 5.69 Å². The molecule has 0 saturated heterocycles. The Morgan fingerprint density at radius 3 is 2.71 bits per heavy atom. The van der Waals surface area contributed by atoms with Gasteiger partial charge in [0.1, 0.15) is 0 Å². The Morgan fingerprint density at radius 2 is 2.07 bits per heavy atom. The molecule has 0 bridgehead atoms. The predicted molar refractivity (Wildman–Crippen MR) is 67.7 cm³/mol. The zero-order valence-corrected chi connectivity index (χ0v) is 10.4. The number of halogens is 1. The summed E-state index contributed by atoms with van der Waals surface area (Å²) in [7, 11) is 0. The summed E-state index contributed by atoms with van der Waals surface area (Å²) >= 11 is 5.31. The third-order valence-corrected chi connectivity index (χ3v) is 3.87. The summed E-state index contributed by atoms with van der Waals surface area (Å²) in [5, 5.41) is 0. The molecule has 0 aliphatic carbocycles. The first-order chi connectivity index (χ1) is 6.77. The van der Waals surface area contributed by atoms with Gasteiger partial charge >= 0.3 is 0 Å². The number of hydrogen-bond acceptors (Lipinski definition) is 2. The molecule has 0 fully saturated rings. The second kappa shape index (κ2) is 4.41. The Balaban J connectivity index is 2.22. The molecule has 0 radical (unpaired) electrons. The maximum absolute atomic E-state index is 3.45. The molecule has 74 valence electrons. The fourth-order valence-corrected chi connectivity index (χ4v) is 2.67. The summed E-state index contributed by atoms with van der Waals surface area (Å²) in [5.41, 5.74) is 1.27. The van der Waals surface area contributed by atoms with Gasteiger partial charge in [0.25, 0.3) is 0 Å². The van der Waals surface area contributed by atoms with Gasteiger partial charge in [0.05, 0.1) is 6.04 Å². The summed E-state index contributed by atoms with van der Waals surface area (Å²) in [6.45, 7) is 2.21. The lowest BCUT2D eigenvalue weighted by atomic mass is 10.2. The van der Waals surface area contributed by atoms with Crippen molar-refractivity contribution in [2.24, 2.45) is 0 Å². The Hall–Kier alpha value is -0.410. The van der Waals surface area contributed by atoms with Crippen molar-refractivity contribution in [3.63, 3.8) is 0 Å². The van der Waals surface area contributed by atoms with E-state index >= 15 is 0 Å². The molecule has 1 nitrogen and oxygen atoms in total. The summed E-state index contributed by atoms with van der Waals surface area (Å²) < 4.78 is 3.47. The third-order valence-electron chi connectivity index (χ3n) is 2.18. The summed E-state index contributed by atoms with van der Waals surface area (Å²) in [5.74, 6) is 1.07. The first kappa shape index (κ1) is 10.1. The Morgan fingerprint density at radius 1 is 1.36 bits per heavy atom. The zero-order chi connectivity index (χ0) is 9.97. The molecule has 0 saturated carbocycles. The van der Waals surface area contributed by atoms with E-state index in [-0.39, 0.29) is 0 Å². The van der Waals surface area contributed by atoms with Crippen LogP contribution in [0.3, 0.4) is 0 Å². The highest BCUT2D eigenvalue weighted by atomic mass is 79.9. The number of benzene rings is 1. The molecule has 0 aromatic heterocycles. The van der Waals surface area contributed by atoms with Gasteiger partial charge in [-0.1, -0.05) is 28.1 Å². The van der Waals surface area contributed by atoms with Crippen molar-refractivity contribution in [2.75, 3.05) is 10.1 Å². The van der Waals surface area contributed by atoms with Gasteiger partial charge in [0.2, 0.25) is 0 Å². The van der Waals surface area contributed by atoms with Crippen molar-refractivity contribution in [3.05, 3.63) is 40.9 Å². The SMILES string of the molecule is CC1C=CCSN1c1ccc(Br)cc1. The first-order valence-corrected chi connectivity index (χ1v) is 6.35. The number of rotatable bonds is 1. The lowest BCUT2D eigenvalue weighted by Crippen LogP contribution is -2.27. The summed E-state index contributed by atoms with van der Waals surface area (Å²) in [4.78, 5) is 0. The molecule has 2 rings (SSSR count). The Bertz CT molecular complexity index is 334. The largest absolute Gasteiger partial charge is 0.309 e. The third kappa shape index (κ3) is 2.15. The molecule has 1 unspecified atom stereocenters. The van der Waals surface area contributed by atoms with E-state index in [9.17, 15) is 0 Å². The van der Waals surface area contributed by atoms with E-state index in [0.29, 0.717) is 6.04 Å². The fraction of sp³-hybridized carbons (Fsp3) is 0.273. The smallest absolute Gasteiger partial charge is 0.0558 e. The van der Waals surface area contributed by atoms with Crippen LogP contribution in [0.1, 0.15) is 6.92 Å². The van der Waals surface area contributed by atoms with Gasteiger partial charge < -0.3 is 4.31 Å². The van der Waals surface area contributed by atoms with Crippen LogP contribution in [0.25, 0.3) is 0 Å². The molecule has 0 spiro atoms. The maximum Gasteiger partial charge on any atom is 0.0558 e. The molecular formula is C11H12BrNS. The highest BCUT2D eigenvalue weighted by Crippen LogP contribution is 2.29. The zero-order valence-electron chi connectivity index (χ0n) is 7.98. The topological polar surface area (TPSA) is 3.24 Å². The van der Waals surface area contributed by atoms with E-state index in [2.05, 4.69) is 63.6 Å². The van der Waals surface area contributed by atoms with Crippen molar-refractivity contribution in [1.29, 1.82) is 0 Å². The van der Waals surface area contributed by atoms with Gasteiger partial charge in [-0.25, -0.2) is 0 Å². The first-order valence-electron chi connectivity index (χ1n) is 4.62. The van der Waals surface area contributed by atoms with Gasteiger partial charge in [-0.05, 0) is 43.1 Å². The quantitative estimate of drug-likeness (QED) is 0.563. The van der Waals surface area contributed by atoms with Crippen molar-refractivity contribution in [2.45, 2.75) is 13.0 Å². The monoisotopic (exact) mass is 269 g/mol. The average Bonchev–Trinajstić information content (AvgIpc) is 2.20. The second-order valence-corrected chi connectivity index (χ2v) is 5.17. The molecule has 1 aliphatic heterocycles. The van der Waals surface area contributed by atoms with Gasteiger partial charge in [0, 0.05) is 15.9 Å². The van der Waals surface area contributed by atoms with Gasteiger partial charge in [-0.2, -0.15) is 0 Å². The predicted octanol–water partition coefficient (Wildman–Crippen LogP) is 3.86. The van der Waals surface area contributed by atoms with E-state index < -0.39 is 0 Å². The summed E-state index contributed by atoms with van der Waals surface area (Å²) in [6.07, 6.45) is 4.48. The maximum atomic E-state index is 3.45. The van der Waals surface area contributed by atoms with Gasteiger partial charge in [-0.15, -0.1) is 0 Å². The van der Waals surface area contributed by atoms with E-state index in [1.54, 1.807) is 0 Å². The van der Waals surface area contributed by atoms with Crippen LogP contribution in [-0.4, -0.2) is 11.8 Å². The average molecular weight is 270 g/mol. The molecule has 14 heavy (non-hydrogen) atoms. The van der Waals surface area contributed by atoms with Gasteiger partial charge in [0.15, 0.2) is 0 Å². The Kier molecular flexibility index (Phi) is 3.19. The minimum absolute atomic E-state index is 0.481. The van der Waals surface area contributed by atoms with Crippen molar-refractivity contribution < 1.29 is 0 Å².